The van der Waals surface area contributed by atoms with Crippen LogP contribution in [0.15, 0.2) is 42.5 Å². The molecule has 1 atom stereocenters. The van der Waals surface area contributed by atoms with Crippen molar-refractivity contribution < 1.29 is 4.74 Å². The van der Waals surface area contributed by atoms with Crippen molar-refractivity contribution in [1.29, 1.82) is 0 Å². The molecular weight excluding hydrogens is 281 g/mol. The van der Waals surface area contributed by atoms with Crippen LogP contribution in [0.3, 0.4) is 0 Å². The molecule has 19 heavy (non-hydrogen) atoms. The third-order valence-corrected chi connectivity index (χ3v) is 3.66. The molecule has 0 aliphatic carbocycles. The van der Waals surface area contributed by atoms with Gasteiger partial charge < -0.3 is 10.1 Å². The van der Waals surface area contributed by atoms with Crippen molar-refractivity contribution in [3.8, 4) is 11.5 Å². The molecule has 4 heteroatoms. The van der Waals surface area contributed by atoms with Gasteiger partial charge in [-0.3, -0.25) is 0 Å². The monoisotopic (exact) mass is 295 g/mol. The van der Waals surface area contributed by atoms with Crippen LogP contribution < -0.4 is 10.1 Å². The van der Waals surface area contributed by atoms with Gasteiger partial charge in [0.15, 0.2) is 0 Å². The predicted molar refractivity (Wildman–Crippen MR) is 80.5 cm³/mol. The summed E-state index contributed by atoms with van der Waals surface area (Å²) in [6.07, 6.45) is 0. The van der Waals surface area contributed by atoms with Gasteiger partial charge in [-0.25, -0.2) is 0 Å². The summed E-state index contributed by atoms with van der Waals surface area (Å²) >= 11 is 11.8. The standard InChI is InChI=1S/C15H15Cl2NO/c1-10(18-2)11-4-3-5-12(8-11)19-13-6-7-14(16)15(17)9-13/h3-10,18H,1-2H3. The van der Waals surface area contributed by atoms with E-state index in [0.29, 0.717) is 15.8 Å². The highest BCUT2D eigenvalue weighted by Crippen LogP contribution is 2.30. The molecule has 0 saturated heterocycles. The fourth-order valence-electron chi connectivity index (χ4n) is 1.69. The summed E-state index contributed by atoms with van der Waals surface area (Å²) in [6.45, 7) is 2.10. The number of hydrogen-bond acceptors (Lipinski definition) is 2. The van der Waals surface area contributed by atoms with Crippen LogP contribution in [0.25, 0.3) is 0 Å². The van der Waals surface area contributed by atoms with E-state index in [9.17, 15) is 0 Å². The molecule has 0 aliphatic heterocycles. The van der Waals surface area contributed by atoms with Crippen LogP contribution in [0.4, 0.5) is 0 Å². The zero-order valence-electron chi connectivity index (χ0n) is 10.8. The van der Waals surface area contributed by atoms with Crippen LogP contribution in [-0.4, -0.2) is 7.05 Å². The van der Waals surface area contributed by atoms with Gasteiger partial charge in [0.05, 0.1) is 10.0 Å². The Bertz CT molecular complexity index is 572. The van der Waals surface area contributed by atoms with Crippen molar-refractivity contribution in [1.82, 2.24) is 5.32 Å². The second-order valence-electron chi connectivity index (χ2n) is 4.26. The molecule has 0 heterocycles. The molecule has 1 unspecified atom stereocenters. The zero-order valence-corrected chi connectivity index (χ0v) is 12.3. The number of benzene rings is 2. The minimum absolute atomic E-state index is 0.275. The van der Waals surface area contributed by atoms with Crippen LogP contribution in [0.2, 0.25) is 10.0 Å². The minimum atomic E-state index is 0.275. The van der Waals surface area contributed by atoms with Gasteiger partial charge in [0, 0.05) is 12.1 Å². The first-order valence-corrected chi connectivity index (χ1v) is 6.76. The fourth-order valence-corrected chi connectivity index (χ4v) is 1.98. The lowest BCUT2D eigenvalue weighted by atomic mass is 10.1. The topological polar surface area (TPSA) is 21.3 Å². The molecule has 2 aromatic rings. The molecule has 2 rings (SSSR count). The maximum Gasteiger partial charge on any atom is 0.129 e. The second kappa shape index (κ2) is 6.29. The third kappa shape index (κ3) is 3.63. The number of nitrogens with one attached hydrogen (secondary N) is 1. The molecule has 0 radical (unpaired) electrons. The van der Waals surface area contributed by atoms with E-state index in [-0.39, 0.29) is 6.04 Å². The van der Waals surface area contributed by atoms with Gasteiger partial charge in [0.25, 0.3) is 0 Å². The molecule has 0 aromatic heterocycles. The van der Waals surface area contributed by atoms with E-state index in [2.05, 4.69) is 18.3 Å². The molecule has 0 amide bonds. The van der Waals surface area contributed by atoms with Crippen LogP contribution in [0.1, 0.15) is 18.5 Å². The van der Waals surface area contributed by atoms with Crippen molar-refractivity contribution in [3.63, 3.8) is 0 Å². The molecule has 0 spiro atoms. The quantitative estimate of drug-likeness (QED) is 0.850. The normalized spacial score (nSPS) is 12.2. The van der Waals surface area contributed by atoms with Crippen molar-refractivity contribution in [2.24, 2.45) is 0 Å². The van der Waals surface area contributed by atoms with E-state index in [4.69, 9.17) is 27.9 Å². The highest BCUT2D eigenvalue weighted by molar-refractivity contribution is 6.42. The molecule has 0 saturated carbocycles. The first-order chi connectivity index (χ1) is 9.10. The Labute approximate surface area is 123 Å². The summed E-state index contributed by atoms with van der Waals surface area (Å²) < 4.78 is 5.78. The summed E-state index contributed by atoms with van der Waals surface area (Å²) in [6, 6.07) is 13.4. The number of rotatable bonds is 4. The molecule has 2 nitrogen and oxygen atoms in total. The van der Waals surface area contributed by atoms with Crippen LogP contribution in [0.5, 0.6) is 11.5 Å². The van der Waals surface area contributed by atoms with E-state index in [1.54, 1.807) is 18.2 Å². The van der Waals surface area contributed by atoms with E-state index in [0.717, 1.165) is 5.75 Å². The lowest BCUT2D eigenvalue weighted by Crippen LogP contribution is -2.11. The average Bonchev–Trinajstić information content (AvgIpc) is 2.42. The number of hydrogen-bond donors (Lipinski definition) is 1. The van der Waals surface area contributed by atoms with Gasteiger partial charge in [-0.1, -0.05) is 35.3 Å². The average molecular weight is 296 g/mol. The predicted octanol–water partition coefficient (Wildman–Crippen LogP) is 5.07. The first kappa shape index (κ1) is 14.2. The summed E-state index contributed by atoms with van der Waals surface area (Å²) in [5, 5.41) is 4.20. The summed E-state index contributed by atoms with van der Waals surface area (Å²) in [5.74, 6) is 1.45. The Morgan fingerprint density at radius 2 is 1.74 bits per heavy atom. The van der Waals surface area contributed by atoms with Gasteiger partial charge in [0.2, 0.25) is 0 Å². The van der Waals surface area contributed by atoms with Crippen molar-refractivity contribution in [2.45, 2.75) is 13.0 Å². The maximum atomic E-state index is 5.96. The second-order valence-corrected chi connectivity index (χ2v) is 5.08. The highest BCUT2D eigenvalue weighted by atomic mass is 35.5. The molecule has 0 fully saturated rings. The lowest BCUT2D eigenvalue weighted by molar-refractivity contribution is 0.480. The third-order valence-electron chi connectivity index (χ3n) is 2.92. The first-order valence-electron chi connectivity index (χ1n) is 6.00. The van der Waals surface area contributed by atoms with Gasteiger partial charge in [0.1, 0.15) is 11.5 Å². The molecule has 100 valence electrons. The minimum Gasteiger partial charge on any atom is -0.457 e. The van der Waals surface area contributed by atoms with E-state index in [1.807, 2.05) is 25.2 Å². The molecule has 0 aliphatic rings. The van der Waals surface area contributed by atoms with Crippen molar-refractivity contribution in [3.05, 3.63) is 58.1 Å². The van der Waals surface area contributed by atoms with E-state index < -0.39 is 0 Å². The zero-order chi connectivity index (χ0) is 13.8. The molecular formula is C15H15Cl2NO. The summed E-state index contributed by atoms with van der Waals surface area (Å²) in [4.78, 5) is 0. The van der Waals surface area contributed by atoms with Crippen LogP contribution >= 0.6 is 23.2 Å². The van der Waals surface area contributed by atoms with Crippen LogP contribution in [-0.2, 0) is 0 Å². The van der Waals surface area contributed by atoms with E-state index in [1.165, 1.54) is 5.56 Å². The largest absolute Gasteiger partial charge is 0.457 e. The van der Waals surface area contributed by atoms with Gasteiger partial charge in [-0.15, -0.1) is 0 Å². The van der Waals surface area contributed by atoms with Gasteiger partial charge in [-0.05, 0) is 43.8 Å². The molecule has 0 bridgehead atoms. The van der Waals surface area contributed by atoms with Crippen LogP contribution in [0, 0.1) is 0 Å². The van der Waals surface area contributed by atoms with Crippen molar-refractivity contribution in [2.75, 3.05) is 7.05 Å². The Morgan fingerprint density at radius 1 is 1.00 bits per heavy atom. The smallest absolute Gasteiger partial charge is 0.129 e. The Morgan fingerprint density at radius 3 is 2.42 bits per heavy atom. The highest BCUT2D eigenvalue weighted by Gasteiger charge is 2.05. The fraction of sp³-hybridized carbons (Fsp3) is 0.200. The Balaban J connectivity index is 2.20. The summed E-state index contributed by atoms with van der Waals surface area (Å²) in [7, 11) is 1.93. The molecule has 2 aromatic carbocycles. The number of halogens is 2. The summed E-state index contributed by atoms with van der Waals surface area (Å²) in [5.41, 5.74) is 1.17. The van der Waals surface area contributed by atoms with Gasteiger partial charge >= 0.3 is 0 Å². The lowest BCUT2D eigenvalue weighted by Gasteiger charge is -2.12. The Kier molecular flexibility index (Phi) is 4.70. The molecule has 1 N–H and O–H groups in total. The van der Waals surface area contributed by atoms with Crippen molar-refractivity contribution >= 4 is 23.2 Å². The Hall–Kier alpha value is -1.22. The number of ether oxygens (including phenoxy) is 1. The van der Waals surface area contributed by atoms with E-state index >= 15 is 0 Å². The SMILES string of the molecule is CNC(C)c1cccc(Oc2ccc(Cl)c(Cl)c2)c1. The van der Waals surface area contributed by atoms with Gasteiger partial charge in [-0.2, -0.15) is 0 Å². The maximum absolute atomic E-state index is 5.96.